The number of hydrogen-bond donors (Lipinski definition) is 1. The first-order chi connectivity index (χ1) is 8.58. The monoisotopic (exact) mass is 240 g/mol. The van der Waals surface area contributed by atoms with E-state index in [1.54, 1.807) is 12.3 Å². The van der Waals surface area contributed by atoms with Crippen molar-refractivity contribution in [3.8, 4) is 11.3 Å². The number of aromatic nitrogens is 2. The van der Waals surface area contributed by atoms with Gasteiger partial charge in [-0.25, -0.2) is 14.8 Å². The molecule has 18 heavy (non-hydrogen) atoms. The summed E-state index contributed by atoms with van der Waals surface area (Å²) in [5, 5.41) is 9.29. The molecule has 1 aliphatic carbocycles. The highest BCUT2D eigenvalue weighted by molar-refractivity contribution is 5.98. The summed E-state index contributed by atoms with van der Waals surface area (Å²) in [6.07, 6.45) is 2.51. The van der Waals surface area contributed by atoms with Crippen LogP contribution in [0.5, 0.6) is 0 Å². The molecule has 0 saturated heterocycles. The average Bonchev–Trinajstić information content (AvgIpc) is 2.69. The van der Waals surface area contributed by atoms with Gasteiger partial charge in [-0.2, -0.15) is 0 Å². The Labute approximate surface area is 104 Å². The van der Waals surface area contributed by atoms with Crippen LogP contribution in [0.3, 0.4) is 0 Å². The van der Waals surface area contributed by atoms with Crippen molar-refractivity contribution in [2.75, 3.05) is 0 Å². The van der Waals surface area contributed by atoms with Gasteiger partial charge in [-0.1, -0.05) is 6.07 Å². The molecule has 0 aliphatic heterocycles. The largest absolute Gasteiger partial charge is 0.478 e. The topological polar surface area (TPSA) is 63.1 Å². The van der Waals surface area contributed by atoms with Gasteiger partial charge in [-0.3, -0.25) is 0 Å². The van der Waals surface area contributed by atoms with Crippen molar-refractivity contribution in [3.63, 3.8) is 0 Å². The molecule has 2 aromatic rings. The highest BCUT2D eigenvalue weighted by Crippen LogP contribution is 2.39. The van der Waals surface area contributed by atoms with Gasteiger partial charge >= 0.3 is 5.97 Å². The van der Waals surface area contributed by atoms with Gasteiger partial charge in [-0.15, -0.1) is 0 Å². The van der Waals surface area contributed by atoms with Gasteiger partial charge in [0.25, 0.3) is 0 Å². The van der Waals surface area contributed by atoms with Gasteiger partial charge in [0.05, 0.1) is 11.3 Å². The van der Waals surface area contributed by atoms with E-state index in [0.717, 1.165) is 34.4 Å². The van der Waals surface area contributed by atoms with Crippen LogP contribution in [0.2, 0.25) is 0 Å². The molecule has 1 aromatic heterocycles. The molecule has 1 aliphatic rings. The molecule has 0 bridgehead atoms. The molecule has 0 atom stereocenters. The Balaban J connectivity index is 2.36. The van der Waals surface area contributed by atoms with Crippen LogP contribution in [0, 0.1) is 13.8 Å². The first-order valence-corrected chi connectivity index (χ1v) is 5.76. The fourth-order valence-electron chi connectivity index (χ4n) is 2.46. The lowest BCUT2D eigenvalue weighted by molar-refractivity contribution is 0.0697. The number of aromatic carboxylic acids is 1. The number of carbonyl (C=O) groups is 1. The second-order valence-corrected chi connectivity index (χ2v) is 4.56. The van der Waals surface area contributed by atoms with Crippen molar-refractivity contribution in [1.82, 2.24) is 9.97 Å². The van der Waals surface area contributed by atoms with Gasteiger partial charge < -0.3 is 5.11 Å². The molecule has 0 fully saturated rings. The molecule has 0 unspecified atom stereocenters. The lowest BCUT2D eigenvalue weighted by atomic mass is 9.98. The summed E-state index contributed by atoms with van der Waals surface area (Å²) >= 11 is 0. The fraction of sp³-hybridized carbons (Fsp3) is 0.214. The zero-order valence-electron chi connectivity index (χ0n) is 10.2. The van der Waals surface area contributed by atoms with Crippen molar-refractivity contribution in [2.24, 2.45) is 0 Å². The summed E-state index contributed by atoms with van der Waals surface area (Å²) in [6.45, 7) is 3.81. The molecule has 90 valence electrons. The number of benzene rings is 1. The van der Waals surface area contributed by atoms with Gasteiger partial charge in [-0.05, 0) is 31.0 Å². The number of rotatable bonds is 1. The van der Waals surface area contributed by atoms with Crippen LogP contribution < -0.4 is 0 Å². The van der Waals surface area contributed by atoms with Crippen LogP contribution in [0.25, 0.3) is 11.3 Å². The smallest absolute Gasteiger partial charge is 0.336 e. The lowest BCUT2D eigenvalue weighted by Gasteiger charge is -2.07. The van der Waals surface area contributed by atoms with E-state index in [2.05, 4.69) is 9.97 Å². The third-order valence-corrected chi connectivity index (χ3v) is 3.37. The minimum atomic E-state index is -0.907. The molecule has 1 N–H and O–H groups in total. The molecule has 1 heterocycles. The molecule has 0 spiro atoms. The zero-order chi connectivity index (χ0) is 12.9. The van der Waals surface area contributed by atoms with E-state index in [4.69, 9.17) is 0 Å². The normalized spacial score (nSPS) is 12.1. The second kappa shape index (κ2) is 3.63. The average molecular weight is 240 g/mol. The van der Waals surface area contributed by atoms with Crippen molar-refractivity contribution in [2.45, 2.75) is 20.3 Å². The van der Waals surface area contributed by atoms with E-state index in [1.807, 2.05) is 19.9 Å². The van der Waals surface area contributed by atoms with Gasteiger partial charge in [0.2, 0.25) is 0 Å². The van der Waals surface area contributed by atoms with Gasteiger partial charge in [0.1, 0.15) is 5.82 Å². The van der Waals surface area contributed by atoms with Crippen molar-refractivity contribution in [3.05, 3.63) is 46.4 Å². The summed E-state index contributed by atoms with van der Waals surface area (Å²) < 4.78 is 0. The summed E-state index contributed by atoms with van der Waals surface area (Å²) in [7, 11) is 0. The Morgan fingerprint density at radius 3 is 2.83 bits per heavy atom. The Hall–Kier alpha value is -2.23. The predicted octanol–water partition coefficient (Wildman–Crippen LogP) is 2.36. The van der Waals surface area contributed by atoms with Crippen LogP contribution in [-0.4, -0.2) is 21.0 Å². The number of nitrogens with zero attached hydrogens (tertiary/aromatic N) is 2. The summed E-state index contributed by atoms with van der Waals surface area (Å²) in [4.78, 5) is 19.9. The van der Waals surface area contributed by atoms with E-state index in [1.165, 1.54) is 0 Å². The SMILES string of the molecule is Cc1ncc2c(n1)-c1c(C(=O)O)ccc(C)c1C2. The standard InChI is InChI=1S/C14H12N2O2/c1-7-3-4-10(14(17)18)12-11(7)5-9-6-15-8(2)16-13(9)12/h3-4,6H,5H2,1-2H3,(H,17,18). The van der Waals surface area contributed by atoms with Crippen molar-refractivity contribution < 1.29 is 9.90 Å². The Morgan fingerprint density at radius 2 is 2.11 bits per heavy atom. The minimum Gasteiger partial charge on any atom is -0.478 e. The van der Waals surface area contributed by atoms with Crippen LogP contribution in [0.15, 0.2) is 18.3 Å². The molecule has 4 heteroatoms. The summed E-state index contributed by atoms with van der Waals surface area (Å²) in [5.74, 6) is -0.241. The van der Waals surface area contributed by atoms with E-state index < -0.39 is 5.97 Å². The van der Waals surface area contributed by atoms with E-state index in [0.29, 0.717) is 11.4 Å². The first-order valence-electron chi connectivity index (χ1n) is 5.76. The highest BCUT2D eigenvalue weighted by Gasteiger charge is 2.27. The summed E-state index contributed by atoms with van der Waals surface area (Å²) in [6, 6.07) is 3.51. The maximum absolute atomic E-state index is 11.3. The predicted molar refractivity (Wildman–Crippen MR) is 66.7 cm³/mol. The summed E-state index contributed by atoms with van der Waals surface area (Å²) in [5.41, 5.74) is 5.04. The number of aryl methyl sites for hydroxylation is 2. The molecule has 0 amide bonds. The Morgan fingerprint density at radius 1 is 1.33 bits per heavy atom. The first kappa shape index (κ1) is 10.9. The molecule has 3 rings (SSSR count). The van der Waals surface area contributed by atoms with E-state index in [9.17, 15) is 9.90 Å². The maximum atomic E-state index is 11.3. The fourth-order valence-corrected chi connectivity index (χ4v) is 2.46. The number of carboxylic acid groups (broad SMARTS) is 1. The van der Waals surface area contributed by atoms with Crippen LogP contribution in [0.1, 0.15) is 32.9 Å². The van der Waals surface area contributed by atoms with Crippen LogP contribution in [-0.2, 0) is 6.42 Å². The molecule has 1 aromatic carbocycles. The van der Waals surface area contributed by atoms with Gasteiger partial charge in [0, 0.05) is 23.7 Å². The molecule has 0 saturated carbocycles. The second-order valence-electron chi connectivity index (χ2n) is 4.56. The molecular weight excluding hydrogens is 228 g/mol. The quantitative estimate of drug-likeness (QED) is 0.709. The number of hydrogen-bond acceptors (Lipinski definition) is 3. The van der Waals surface area contributed by atoms with Crippen molar-refractivity contribution in [1.29, 1.82) is 0 Å². The van der Waals surface area contributed by atoms with E-state index in [-0.39, 0.29) is 0 Å². The third-order valence-electron chi connectivity index (χ3n) is 3.37. The molecule has 0 radical (unpaired) electrons. The maximum Gasteiger partial charge on any atom is 0.336 e. The number of fused-ring (bicyclic) bond motifs is 3. The molecular formula is C14H12N2O2. The van der Waals surface area contributed by atoms with Gasteiger partial charge in [0.15, 0.2) is 0 Å². The Kier molecular flexibility index (Phi) is 2.20. The van der Waals surface area contributed by atoms with Crippen LogP contribution >= 0.6 is 0 Å². The third kappa shape index (κ3) is 1.42. The van der Waals surface area contributed by atoms with E-state index >= 15 is 0 Å². The zero-order valence-corrected chi connectivity index (χ0v) is 10.2. The lowest BCUT2D eigenvalue weighted by Crippen LogP contribution is -2.02. The molecule has 4 nitrogen and oxygen atoms in total. The van der Waals surface area contributed by atoms with Crippen molar-refractivity contribution >= 4 is 5.97 Å². The Bertz CT molecular complexity index is 678. The minimum absolute atomic E-state index is 0.326. The number of carboxylic acids is 1. The van der Waals surface area contributed by atoms with Crippen LogP contribution in [0.4, 0.5) is 0 Å². The highest BCUT2D eigenvalue weighted by atomic mass is 16.4.